The van der Waals surface area contributed by atoms with Gasteiger partial charge in [-0.2, -0.15) is 0 Å². The number of hydrogen-bond acceptors (Lipinski definition) is 0. The van der Waals surface area contributed by atoms with Crippen molar-refractivity contribution >= 4 is 0 Å². The molecule has 636 valence electrons. The molecule has 3 unspecified atom stereocenters. The third-order valence-corrected chi connectivity index (χ3v) is 17.3. The van der Waals surface area contributed by atoms with Gasteiger partial charge < -0.3 is 0 Å². The van der Waals surface area contributed by atoms with Crippen LogP contribution in [-0.2, 0) is 25.7 Å². The molecule has 0 radical (unpaired) electrons. The summed E-state index contributed by atoms with van der Waals surface area (Å²) in [6.45, 7) is 62.1. The van der Waals surface area contributed by atoms with Crippen LogP contribution in [0.15, 0.2) is 237 Å². The Morgan fingerprint density at radius 3 is 0.836 bits per heavy atom. The summed E-state index contributed by atoms with van der Waals surface area (Å²) in [6, 6.07) is 83.1. The Morgan fingerprint density at radius 2 is 0.564 bits per heavy atom. The van der Waals surface area contributed by atoms with Gasteiger partial charge in [0.15, 0.2) is 0 Å². The van der Waals surface area contributed by atoms with E-state index < -0.39 is 0 Å². The Hall–Kier alpha value is -6.24. The summed E-state index contributed by atoms with van der Waals surface area (Å²) in [4.78, 5) is 0. The highest BCUT2D eigenvalue weighted by Gasteiger charge is 2.30. The SMILES string of the molecule is C.C.C.C.C.CC.CC.CC.CC.CC.CC.CC.CC.CC.CC.CC.CC1CCC2CCCCC2C1.CC1CCCCC1.CC1Cc2ccccc2C1.CCC(c1ccccc1)c1ccccc1.CCCC(c1ccccc1)c1ccccc1.CCCc1ccccc1.CCc1ccccc1.Cc1ccccc1. The second-order valence-electron chi connectivity index (χ2n) is 24.4. The van der Waals surface area contributed by atoms with Crippen molar-refractivity contribution in [2.45, 2.75) is 385 Å². The van der Waals surface area contributed by atoms with E-state index in [1.54, 1.807) is 36.8 Å². The van der Waals surface area contributed by atoms with E-state index in [-0.39, 0.29) is 37.1 Å². The third-order valence-electron chi connectivity index (χ3n) is 17.3. The molecule has 0 spiro atoms. The summed E-state index contributed by atoms with van der Waals surface area (Å²) in [7, 11) is 0. The number of aryl methyl sites for hydroxylation is 3. The van der Waals surface area contributed by atoms with Gasteiger partial charge >= 0.3 is 0 Å². The first kappa shape index (κ1) is 130. The highest BCUT2D eigenvalue weighted by molar-refractivity contribution is 5.34. The monoisotopic (exact) mass is 1520 g/mol. The van der Waals surface area contributed by atoms with Crippen LogP contribution in [0.3, 0.4) is 0 Å². The predicted octanol–water partition coefficient (Wildman–Crippen LogP) is 38.8. The van der Waals surface area contributed by atoms with Crippen molar-refractivity contribution in [2.75, 3.05) is 0 Å². The van der Waals surface area contributed by atoms with Gasteiger partial charge in [-0.15, -0.1) is 0 Å². The summed E-state index contributed by atoms with van der Waals surface area (Å²) in [5.74, 6) is 6.30. The standard InChI is InChI=1S/C16H18.C15H16.C11H20.C10H12.C9H12.C8H10.C7H14.C7H8.11C2H6.5CH4/c1-2-9-16(14-10-5-3-6-11-14)15-12-7-4-8-13-15;1-2-15(13-9-5-3-6-10-13)14-11-7-4-8-12-14;1-9-6-7-10-4-2-3-5-11(10)8-9;1-8-6-9-4-2-3-5-10(9)7-8;1-2-6-9-7-4-3-5-8-9;1-2-8-6-4-3-5-7-8;2*1-7-5-3-2-4-6-7;11*1-2;;;;;/h3-8,10-13,16H,2,9H2,1H3;3-12,15H,2H2,1H3;9-11H,2-8H2,1H3;2-5,8H,6-7H2,1H3;3-5,7-8H,2,6H2,1H3;3-7H,2H2,1H3;7H,2-6H2,1H3;2-6H,1H3;11*1-2H3;5*1H4. The Morgan fingerprint density at radius 1 is 0.273 bits per heavy atom. The van der Waals surface area contributed by atoms with Gasteiger partial charge in [-0.25, -0.2) is 0 Å². The predicted molar refractivity (Wildman–Crippen MR) is 524 cm³/mol. The Balaban J connectivity index is -0.0000000966. The fourth-order valence-electron chi connectivity index (χ4n) is 12.6. The maximum atomic E-state index is 2.44. The maximum absolute atomic E-state index is 2.44. The van der Waals surface area contributed by atoms with Crippen LogP contribution in [0.2, 0.25) is 0 Å². The average molecular weight is 1520 g/mol. The molecule has 8 aromatic rings. The van der Waals surface area contributed by atoms with Gasteiger partial charge in [0.05, 0.1) is 0 Å². The van der Waals surface area contributed by atoms with Crippen molar-refractivity contribution in [3.8, 4) is 0 Å². The molecule has 0 heteroatoms. The van der Waals surface area contributed by atoms with Crippen molar-refractivity contribution in [1.82, 2.24) is 0 Å². The van der Waals surface area contributed by atoms with Crippen LogP contribution in [0, 0.1) is 36.5 Å². The van der Waals surface area contributed by atoms with Gasteiger partial charge in [0.25, 0.3) is 0 Å². The number of hydrogen-bond donors (Lipinski definition) is 0. The first-order valence-corrected chi connectivity index (χ1v) is 44.1. The molecule has 0 saturated heterocycles. The Kier molecular flexibility index (Phi) is 124. The fraction of sp³-hybridized carbons (Fsp3) is 0.564. The molecule has 8 aromatic carbocycles. The molecule has 3 fully saturated rings. The molecule has 4 aliphatic carbocycles. The second-order valence-corrected chi connectivity index (χ2v) is 24.4. The van der Waals surface area contributed by atoms with Crippen LogP contribution in [-0.4, -0.2) is 0 Å². The number of rotatable bonds is 10. The fourth-order valence-corrected chi connectivity index (χ4v) is 12.6. The van der Waals surface area contributed by atoms with Gasteiger partial charge in [-0.1, -0.05) is 557 Å². The van der Waals surface area contributed by atoms with Gasteiger partial charge in [0.2, 0.25) is 0 Å². The zero-order chi connectivity index (χ0) is 81.0. The molecule has 0 heterocycles. The van der Waals surface area contributed by atoms with E-state index in [9.17, 15) is 0 Å². The molecule has 0 nitrogen and oxygen atoms in total. The van der Waals surface area contributed by atoms with Crippen LogP contribution in [0.4, 0.5) is 0 Å². The van der Waals surface area contributed by atoms with Gasteiger partial charge in [0, 0.05) is 11.8 Å². The lowest BCUT2D eigenvalue weighted by Gasteiger charge is -2.38. The largest absolute Gasteiger partial charge is 0.0776 e. The maximum Gasteiger partial charge on any atom is 0.00892 e. The van der Waals surface area contributed by atoms with E-state index in [0.29, 0.717) is 11.8 Å². The topological polar surface area (TPSA) is 0 Å². The summed E-state index contributed by atoms with van der Waals surface area (Å²) >= 11 is 0. The van der Waals surface area contributed by atoms with Crippen LogP contribution in [0.25, 0.3) is 0 Å². The van der Waals surface area contributed by atoms with Crippen LogP contribution in [0.5, 0.6) is 0 Å². The van der Waals surface area contributed by atoms with Crippen LogP contribution >= 0.6 is 0 Å². The smallest absolute Gasteiger partial charge is 0.00892 e. The minimum Gasteiger partial charge on any atom is -0.0776 e. The minimum atomic E-state index is 0. The highest BCUT2D eigenvalue weighted by Crippen LogP contribution is 2.42. The molecule has 0 N–H and O–H groups in total. The van der Waals surface area contributed by atoms with E-state index in [1.807, 2.05) is 177 Å². The first-order chi connectivity index (χ1) is 51.7. The zero-order valence-corrected chi connectivity index (χ0v) is 75.2. The molecule has 0 bridgehead atoms. The highest BCUT2D eigenvalue weighted by atomic mass is 14.4. The van der Waals surface area contributed by atoms with Gasteiger partial charge in [-0.05, 0) is 132 Å². The average Bonchev–Trinajstić information content (AvgIpc) is 1.35. The lowest BCUT2D eigenvalue weighted by molar-refractivity contribution is 0.137. The third kappa shape index (κ3) is 68.6. The van der Waals surface area contributed by atoms with E-state index >= 15 is 0 Å². The van der Waals surface area contributed by atoms with Crippen molar-refractivity contribution in [3.63, 3.8) is 0 Å². The lowest BCUT2D eigenvalue weighted by Crippen LogP contribution is -2.26. The zero-order valence-electron chi connectivity index (χ0n) is 75.2. The van der Waals surface area contributed by atoms with E-state index in [0.717, 1.165) is 42.4 Å². The molecule has 12 rings (SSSR count). The summed E-state index contributed by atoms with van der Waals surface area (Å²) in [5.41, 5.74) is 13.0. The van der Waals surface area contributed by atoms with E-state index in [2.05, 4.69) is 268 Å². The van der Waals surface area contributed by atoms with Gasteiger partial charge in [-0.3, -0.25) is 0 Å². The molecule has 0 aliphatic heterocycles. The molecule has 110 heavy (non-hydrogen) atoms. The van der Waals surface area contributed by atoms with Crippen molar-refractivity contribution < 1.29 is 0 Å². The van der Waals surface area contributed by atoms with Crippen molar-refractivity contribution in [1.29, 1.82) is 0 Å². The first-order valence-electron chi connectivity index (χ1n) is 44.1. The molecule has 0 amide bonds. The number of fused-ring (bicyclic) bond motifs is 2. The van der Waals surface area contributed by atoms with Crippen LogP contribution < -0.4 is 0 Å². The molecular formula is C110H196. The normalized spacial score (nSPS) is 13.3. The van der Waals surface area contributed by atoms with Crippen molar-refractivity contribution in [2.24, 2.45) is 29.6 Å². The summed E-state index contributed by atoms with van der Waals surface area (Å²) in [6.07, 6.45) is 27.9. The Bertz CT molecular complexity index is 2620. The molecule has 3 saturated carbocycles. The Labute approximate surface area is 697 Å². The summed E-state index contributed by atoms with van der Waals surface area (Å²) in [5, 5.41) is 0. The molecular weight excluding hydrogens is 1320 g/mol. The molecule has 4 aliphatic rings. The van der Waals surface area contributed by atoms with E-state index in [4.69, 9.17) is 0 Å². The van der Waals surface area contributed by atoms with Crippen molar-refractivity contribution in [3.05, 3.63) is 287 Å². The van der Waals surface area contributed by atoms with Crippen LogP contribution in [0.1, 0.15) is 403 Å². The second kappa shape index (κ2) is 105. The molecule has 0 aromatic heterocycles. The summed E-state index contributed by atoms with van der Waals surface area (Å²) < 4.78 is 0. The van der Waals surface area contributed by atoms with E-state index in [1.165, 1.54) is 129 Å². The molecule has 3 atom stereocenters. The minimum absolute atomic E-state index is 0. The quantitative estimate of drug-likeness (QED) is 0.128. The lowest BCUT2D eigenvalue weighted by atomic mass is 9.68. The van der Waals surface area contributed by atoms with Gasteiger partial charge in [0.1, 0.15) is 0 Å². The number of benzene rings is 8.